The van der Waals surface area contributed by atoms with Crippen LogP contribution in [0.5, 0.6) is 11.5 Å². The molecule has 1 aromatic carbocycles. The number of ether oxygens (including phenoxy) is 2. The smallest absolute Gasteiger partial charge is 0.161 e. The van der Waals surface area contributed by atoms with Gasteiger partial charge < -0.3 is 15.2 Å². The van der Waals surface area contributed by atoms with Gasteiger partial charge in [-0.05, 0) is 24.1 Å². The van der Waals surface area contributed by atoms with Gasteiger partial charge in [-0.25, -0.2) is 0 Å². The van der Waals surface area contributed by atoms with Gasteiger partial charge in [0.1, 0.15) is 0 Å². The molecular formula is C11H15BrFNO2. The molecule has 0 aromatic heterocycles. The van der Waals surface area contributed by atoms with Crippen molar-refractivity contribution in [3.8, 4) is 11.5 Å². The molecule has 2 N–H and O–H groups in total. The van der Waals surface area contributed by atoms with E-state index in [9.17, 15) is 4.39 Å². The van der Waals surface area contributed by atoms with E-state index in [0.717, 1.165) is 10.0 Å². The van der Waals surface area contributed by atoms with Crippen LogP contribution in [-0.2, 0) is 0 Å². The average Bonchev–Trinajstić information content (AvgIpc) is 2.28. The van der Waals surface area contributed by atoms with E-state index in [2.05, 4.69) is 15.9 Å². The van der Waals surface area contributed by atoms with Crippen molar-refractivity contribution in [2.45, 2.75) is 12.5 Å². The Balaban J connectivity index is 3.10. The summed E-state index contributed by atoms with van der Waals surface area (Å²) in [4.78, 5) is 0. The third kappa shape index (κ3) is 2.86. The minimum absolute atomic E-state index is 0.286. The van der Waals surface area contributed by atoms with Gasteiger partial charge >= 0.3 is 0 Å². The molecule has 0 spiro atoms. The molecular weight excluding hydrogens is 277 g/mol. The fourth-order valence-corrected chi connectivity index (χ4v) is 2.04. The van der Waals surface area contributed by atoms with Crippen molar-refractivity contribution in [2.24, 2.45) is 5.73 Å². The predicted molar refractivity (Wildman–Crippen MR) is 64.8 cm³/mol. The molecule has 0 unspecified atom stereocenters. The second-order valence-corrected chi connectivity index (χ2v) is 4.17. The Morgan fingerprint density at radius 3 is 2.38 bits per heavy atom. The summed E-state index contributed by atoms with van der Waals surface area (Å²) in [6.07, 6.45) is 0.286. The molecule has 1 atom stereocenters. The predicted octanol–water partition coefficient (Wildman–Crippen LogP) is 2.83. The van der Waals surface area contributed by atoms with E-state index < -0.39 is 6.67 Å². The zero-order chi connectivity index (χ0) is 12.1. The lowest BCUT2D eigenvalue weighted by Gasteiger charge is -2.15. The van der Waals surface area contributed by atoms with Gasteiger partial charge in [0.05, 0.1) is 20.9 Å². The zero-order valence-corrected chi connectivity index (χ0v) is 10.9. The third-order valence-electron chi connectivity index (χ3n) is 2.32. The fourth-order valence-electron chi connectivity index (χ4n) is 1.43. The second kappa shape index (κ2) is 6.06. The van der Waals surface area contributed by atoms with E-state index in [1.807, 2.05) is 0 Å². The molecule has 1 aromatic rings. The summed E-state index contributed by atoms with van der Waals surface area (Å²) in [5, 5.41) is 0. The molecule has 0 fully saturated rings. The van der Waals surface area contributed by atoms with Gasteiger partial charge in [0.15, 0.2) is 11.5 Å². The highest BCUT2D eigenvalue weighted by Gasteiger charge is 2.14. The summed E-state index contributed by atoms with van der Waals surface area (Å²) in [6.45, 7) is -0.443. The van der Waals surface area contributed by atoms with E-state index >= 15 is 0 Å². The highest BCUT2D eigenvalue weighted by Crippen LogP contribution is 2.36. The summed E-state index contributed by atoms with van der Waals surface area (Å²) in [7, 11) is 3.11. The summed E-state index contributed by atoms with van der Waals surface area (Å²) in [5.41, 5.74) is 6.67. The number of methoxy groups -OCH3 is 2. The van der Waals surface area contributed by atoms with Crippen molar-refractivity contribution < 1.29 is 13.9 Å². The van der Waals surface area contributed by atoms with Gasteiger partial charge in [-0.3, -0.25) is 4.39 Å². The Kier molecular flexibility index (Phi) is 5.02. The molecule has 0 aliphatic carbocycles. The van der Waals surface area contributed by atoms with Gasteiger partial charge in [-0.2, -0.15) is 0 Å². The highest BCUT2D eigenvalue weighted by molar-refractivity contribution is 9.10. The lowest BCUT2D eigenvalue weighted by molar-refractivity contribution is 0.353. The molecule has 0 aliphatic rings. The highest BCUT2D eigenvalue weighted by atomic mass is 79.9. The lowest BCUT2D eigenvalue weighted by Crippen LogP contribution is -2.12. The number of benzene rings is 1. The first-order chi connectivity index (χ1) is 7.63. The van der Waals surface area contributed by atoms with Crippen LogP contribution >= 0.6 is 15.9 Å². The molecule has 90 valence electrons. The van der Waals surface area contributed by atoms with Gasteiger partial charge in [-0.1, -0.05) is 15.9 Å². The van der Waals surface area contributed by atoms with E-state index in [0.29, 0.717) is 11.5 Å². The molecule has 0 heterocycles. The van der Waals surface area contributed by atoms with Gasteiger partial charge in [0.2, 0.25) is 0 Å². The average molecular weight is 292 g/mol. The van der Waals surface area contributed by atoms with E-state index in [-0.39, 0.29) is 12.5 Å². The van der Waals surface area contributed by atoms with Crippen molar-refractivity contribution in [3.63, 3.8) is 0 Å². The molecule has 0 radical (unpaired) electrons. The SMILES string of the molecule is COc1cc(Br)c([C@@H](N)CCF)cc1OC. The number of hydrogen-bond donors (Lipinski definition) is 1. The van der Waals surface area contributed by atoms with Gasteiger partial charge in [0.25, 0.3) is 0 Å². The van der Waals surface area contributed by atoms with Crippen molar-refractivity contribution in [2.75, 3.05) is 20.9 Å². The zero-order valence-electron chi connectivity index (χ0n) is 9.30. The number of halogens is 2. The maximum absolute atomic E-state index is 12.2. The molecule has 0 saturated heterocycles. The Morgan fingerprint density at radius 2 is 1.88 bits per heavy atom. The first-order valence-corrected chi connectivity index (χ1v) is 5.66. The Bertz CT molecular complexity index is 360. The first kappa shape index (κ1) is 13.3. The molecule has 0 saturated carbocycles. The summed E-state index contributed by atoms with van der Waals surface area (Å²) in [6, 6.07) is 3.19. The van der Waals surface area contributed by atoms with E-state index in [1.54, 1.807) is 26.4 Å². The maximum Gasteiger partial charge on any atom is 0.161 e. The van der Waals surface area contributed by atoms with Crippen LogP contribution in [0.2, 0.25) is 0 Å². The van der Waals surface area contributed by atoms with Crippen molar-refractivity contribution in [1.82, 2.24) is 0 Å². The van der Waals surface area contributed by atoms with Crippen LogP contribution in [0.4, 0.5) is 4.39 Å². The molecule has 1 rings (SSSR count). The number of rotatable bonds is 5. The Labute approximate surface area is 103 Å². The molecule has 0 aliphatic heterocycles. The lowest BCUT2D eigenvalue weighted by atomic mass is 10.0. The summed E-state index contributed by atoms with van der Waals surface area (Å²) < 4.78 is 23.3. The van der Waals surface area contributed by atoms with Crippen LogP contribution in [0.1, 0.15) is 18.0 Å². The standard InChI is InChI=1S/C11H15BrFNO2/c1-15-10-5-7(9(14)3-4-13)8(12)6-11(10)16-2/h5-6,9H,3-4,14H2,1-2H3/t9-/m0/s1. The number of nitrogens with two attached hydrogens (primary N) is 1. The first-order valence-electron chi connectivity index (χ1n) is 4.87. The van der Waals surface area contributed by atoms with Crippen LogP contribution in [-0.4, -0.2) is 20.9 Å². The summed E-state index contributed by atoms with van der Waals surface area (Å²) in [5.74, 6) is 1.21. The van der Waals surface area contributed by atoms with Crippen LogP contribution in [0, 0.1) is 0 Å². The molecule has 5 heteroatoms. The van der Waals surface area contributed by atoms with E-state index in [1.165, 1.54) is 0 Å². The quantitative estimate of drug-likeness (QED) is 0.907. The van der Waals surface area contributed by atoms with Gasteiger partial charge in [-0.15, -0.1) is 0 Å². The van der Waals surface area contributed by atoms with Crippen LogP contribution in [0.25, 0.3) is 0 Å². The normalized spacial score (nSPS) is 12.3. The van der Waals surface area contributed by atoms with Crippen molar-refractivity contribution >= 4 is 15.9 Å². The summed E-state index contributed by atoms with van der Waals surface area (Å²) >= 11 is 3.38. The minimum atomic E-state index is -0.443. The van der Waals surface area contributed by atoms with E-state index in [4.69, 9.17) is 15.2 Å². The molecule has 3 nitrogen and oxygen atoms in total. The number of alkyl halides is 1. The van der Waals surface area contributed by atoms with Gasteiger partial charge in [0, 0.05) is 10.5 Å². The monoisotopic (exact) mass is 291 g/mol. The maximum atomic E-state index is 12.2. The molecule has 16 heavy (non-hydrogen) atoms. The molecule has 0 bridgehead atoms. The number of hydrogen-bond acceptors (Lipinski definition) is 3. The largest absolute Gasteiger partial charge is 0.493 e. The van der Waals surface area contributed by atoms with Crippen molar-refractivity contribution in [3.05, 3.63) is 22.2 Å². The molecule has 0 amide bonds. The Morgan fingerprint density at radius 1 is 1.31 bits per heavy atom. The van der Waals surface area contributed by atoms with Crippen molar-refractivity contribution in [1.29, 1.82) is 0 Å². The van der Waals surface area contributed by atoms with Crippen LogP contribution < -0.4 is 15.2 Å². The second-order valence-electron chi connectivity index (χ2n) is 3.31. The Hall–Kier alpha value is -0.810. The fraction of sp³-hybridized carbons (Fsp3) is 0.455. The topological polar surface area (TPSA) is 44.5 Å². The minimum Gasteiger partial charge on any atom is -0.493 e. The van der Waals surface area contributed by atoms with Crippen LogP contribution in [0.15, 0.2) is 16.6 Å². The third-order valence-corrected chi connectivity index (χ3v) is 3.01. The van der Waals surface area contributed by atoms with Crippen LogP contribution in [0.3, 0.4) is 0 Å².